The summed E-state index contributed by atoms with van der Waals surface area (Å²) in [6, 6.07) is 5.17. The van der Waals surface area contributed by atoms with E-state index in [1.165, 1.54) is 0 Å². The fourth-order valence-corrected chi connectivity index (χ4v) is 1.18. The van der Waals surface area contributed by atoms with Gasteiger partial charge in [0, 0.05) is 0 Å². The molecule has 12 heavy (non-hydrogen) atoms. The van der Waals surface area contributed by atoms with Crippen molar-refractivity contribution >= 4 is 15.1 Å². The van der Waals surface area contributed by atoms with Crippen LogP contribution in [0.2, 0.25) is 0 Å². The van der Waals surface area contributed by atoms with E-state index in [4.69, 9.17) is 4.74 Å². The van der Waals surface area contributed by atoms with Gasteiger partial charge in [0.2, 0.25) is 0 Å². The Morgan fingerprint density at radius 1 is 1.58 bits per heavy atom. The summed E-state index contributed by atoms with van der Waals surface area (Å²) >= 11 is 0. The molecule has 0 aliphatic carbocycles. The van der Waals surface area contributed by atoms with Crippen molar-refractivity contribution in [3.63, 3.8) is 0 Å². The highest BCUT2D eigenvalue weighted by molar-refractivity contribution is 7.18. The van der Waals surface area contributed by atoms with Crippen molar-refractivity contribution in [1.29, 1.82) is 0 Å². The number of alkyl halides is 1. The maximum Gasteiger partial charge on any atom is 0.142 e. The van der Waals surface area contributed by atoms with E-state index < -0.39 is 6.67 Å². The lowest BCUT2D eigenvalue weighted by atomic mass is 10.2. The van der Waals surface area contributed by atoms with Gasteiger partial charge >= 0.3 is 0 Å². The van der Waals surface area contributed by atoms with Gasteiger partial charge in [0.25, 0.3) is 0 Å². The summed E-state index contributed by atoms with van der Waals surface area (Å²) < 4.78 is 17.2. The number of halogens is 1. The summed E-state index contributed by atoms with van der Waals surface area (Å²) in [6.07, 6.45) is 0. The van der Waals surface area contributed by atoms with Gasteiger partial charge in [-0.25, -0.2) is 4.39 Å². The molecule has 0 saturated carbocycles. The van der Waals surface area contributed by atoms with Crippen LogP contribution in [0.15, 0.2) is 18.2 Å². The van der Waals surface area contributed by atoms with E-state index >= 15 is 0 Å². The van der Waals surface area contributed by atoms with Crippen molar-refractivity contribution in [2.24, 2.45) is 0 Å². The van der Waals surface area contributed by atoms with Crippen molar-refractivity contribution < 1.29 is 9.13 Å². The second-order valence-corrected chi connectivity index (χ2v) is 2.60. The van der Waals surface area contributed by atoms with E-state index in [-0.39, 0.29) is 0 Å². The van der Waals surface area contributed by atoms with Crippen LogP contribution in [-0.4, -0.2) is 7.11 Å². The van der Waals surface area contributed by atoms with Crippen molar-refractivity contribution in [3.8, 4) is 5.75 Å². The Bertz CT molecular complexity index is 267. The van der Waals surface area contributed by atoms with E-state index in [1.807, 2.05) is 0 Å². The number of nitrogens with one attached hydrogen (secondary N) is 1. The van der Waals surface area contributed by atoms with E-state index in [0.717, 1.165) is 5.69 Å². The summed E-state index contributed by atoms with van der Waals surface area (Å²) in [7, 11) is 3.92. The zero-order valence-electron chi connectivity index (χ0n) is 6.80. The molecule has 0 heterocycles. The Hall–Kier alpha value is -0.820. The first-order valence-corrected chi connectivity index (χ1v) is 4.09. The van der Waals surface area contributed by atoms with Crippen LogP contribution in [0, 0.1) is 0 Å². The topological polar surface area (TPSA) is 21.3 Å². The molecule has 0 fully saturated rings. The van der Waals surface area contributed by atoms with E-state index in [2.05, 4.69) is 14.5 Å². The maximum absolute atomic E-state index is 12.2. The molecular weight excluding hydrogens is 176 g/mol. The number of rotatable bonds is 3. The molecular formula is C8H11FNOP. The zero-order chi connectivity index (χ0) is 8.97. The second-order valence-electron chi connectivity index (χ2n) is 2.31. The number of benzene rings is 1. The van der Waals surface area contributed by atoms with Crippen molar-refractivity contribution in [1.82, 2.24) is 0 Å². The monoisotopic (exact) mass is 187 g/mol. The number of hydrogen-bond donors (Lipinski definition) is 1. The molecule has 0 spiro atoms. The highest BCUT2D eigenvalue weighted by Gasteiger charge is 2.01. The Labute approximate surface area is 73.4 Å². The molecule has 0 amide bonds. The minimum Gasteiger partial charge on any atom is -0.495 e. The minimum atomic E-state index is -0.465. The van der Waals surface area contributed by atoms with Crippen LogP contribution in [0.3, 0.4) is 0 Å². The van der Waals surface area contributed by atoms with Gasteiger partial charge in [0.1, 0.15) is 12.4 Å². The molecule has 1 atom stereocenters. The highest BCUT2D eigenvalue weighted by atomic mass is 31.0. The van der Waals surface area contributed by atoms with Crippen LogP contribution in [0.25, 0.3) is 0 Å². The molecule has 1 aromatic carbocycles. The van der Waals surface area contributed by atoms with Crippen molar-refractivity contribution in [3.05, 3.63) is 23.8 Å². The molecule has 0 aromatic heterocycles. The van der Waals surface area contributed by atoms with Crippen LogP contribution in [0.5, 0.6) is 5.75 Å². The SMILES string of the molecule is COc1cc(CF)ccc1NP. The highest BCUT2D eigenvalue weighted by Crippen LogP contribution is 2.26. The Morgan fingerprint density at radius 2 is 2.33 bits per heavy atom. The third-order valence-electron chi connectivity index (χ3n) is 1.58. The molecule has 0 radical (unpaired) electrons. The Kier molecular flexibility index (Phi) is 3.30. The first-order valence-electron chi connectivity index (χ1n) is 3.51. The lowest BCUT2D eigenvalue weighted by Crippen LogP contribution is -1.90. The third kappa shape index (κ3) is 1.86. The quantitative estimate of drug-likeness (QED) is 0.733. The van der Waals surface area contributed by atoms with Crippen LogP contribution in [-0.2, 0) is 6.67 Å². The molecule has 0 aliphatic rings. The van der Waals surface area contributed by atoms with Crippen LogP contribution in [0.1, 0.15) is 5.56 Å². The predicted octanol–water partition coefficient (Wildman–Crippen LogP) is 2.37. The molecule has 1 rings (SSSR count). The fourth-order valence-electron chi connectivity index (χ4n) is 0.938. The van der Waals surface area contributed by atoms with Crippen molar-refractivity contribution in [2.45, 2.75) is 6.67 Å². The molecule has 0 bridgehead atoms. The lowest BCUT2D eigenvalue weighted by molar-refractivity contribution is 0.414. The molecule has 4 heteroatoms. The fraction of sp³-hybridized carbons (Fsp3) is 0.250. The first kappa shape index (κ1) is 9.27. The third-order valence-corrected chi connectivity index (χ3v) is 1.89. The van der Waals surface area contributed by atoms with Gasteiger partial charge in [0.05, 0.1) is 12.8 Å². The standard InChI is InChI=1S/C8H11FNOP/c1-11-8-4-6(5-9)2-3-7(8)10-12/h2-4,10H,5,12H2,1H3. The minimum absolute atomic E-state index is 0.465. The molecule has 0 aliphatic heterocycles. The Morgan fingerprint density at radius 3 is 2.83 bits per heavy atom. The van der Waals surface area contributed by atoms with Gasteiger partial charge in [-0.15, -0.1) is 0 Å². The summed E-state index contributed by atoms with van der Waals surface area (Å²) in [6.45, 7) is -0.465. The number of hydrogen-bond acceptors (Lipinski definition) is 2. The predicted molar refractivity (Wildman–Crippen MR) is 51.1 cm³/mol. The molecule has 1 N–H and O–H groups in total. The Balaban J connectivity index is 3.02. The van der Waals surface area contributed by atoms with Crippen molar-refractivity contribution in [2.75, 3.05) is 12.2 Å². The van der Waals surface area contributed by atoms with E-state index in [9.17, 15) is 4.39 Å². The molecule has 1 aromatic rings. The van der Waals surface area contributed by atoms with E-state index in [1.54, 1.807) is 25.3 Å². The van der Waals surface area contributed by atoms with Gasteiger partial charge in [-0.2, -0.15) is 0 Å². The average molecular weight is 187 g/mol. The normalized spacial score (nSPS) is 9.58. The van der Waals surface area contributed by atoms with Gasteiger partial charge in [-0.1, -0.05) is 6.07 Å². The number of anilines is 1. The van der Waals surface area contributed by atoms with Crippen LogP contribution >= 0.6 is 9.39 Å². The van der Waals surface area contributed by atoms with Gasteiger partial charge in [-0.3, -0.25) is 0 Å². The van der Waals surface area contributed by atoms with E-state index in [0.29, 0.717) is 11.3 Å². The second kappa shape index (κ2) is 4.27. The van der Waals surface area contributed by atoms with Crippen LogP contribution < -0.4 is 9.82 Å². The lowest BCUT2D eigenvalue weighted by Gasteiger charge is -2.08. The van der Waals surface area contributed by atoms with Gasteiger partial charge in [0.15, 0.2) is 0 Å². The summed E-state index contributed by atoms with van der Waals surface area (Å²) in [5, 5.41) is 2.87. The first-order chi connectivity index (χ1) is 5.81. The molecule has 0 saturated heterocycles. The summed E-state index contributed by atoms with van der Waals surface area (Å²) in [5.74, 6) is 0.653. The summed E-state index contributed by atoms with van der Waals surface area (Å²) in [4.78, 5) is 0. The average Bonchev–Trinajstić information content (AvgIpc) is 2.16. The molecule has 66 valence electrons. The largest absolute Gasteiger partial charge is 0.495 e. The van der Waals surface area contributed by atoms with Gasteiger partial charge < -0.3 is 9.82 Å². The number of ether oxygens (including phenoxy) is 1. The summed E-state index contributed by atoms with van der Waals surface area (Å²) in [5.41, 5.74) is 1.45. The number of methoxy groups -OCH3 is 1. The van der Waals surface area contributed by atoms with Gasteiger partial charge in [-0.05, 0) is 27.1 Å². The van der Waals surface area contributed by atoms with Crippen LogP contribution in [0.4, 0.5) is 10.1 Å². The molecule has 1 unspecified atom stereocenters. The maximum atomic E-state index is 12.2. The zero-order valence-corrected chi connectivity index (χ0v) is 7.96. The molecule has 2 nitrogen and oxygen atoms in total. The smallest absolute Gasteiger partial charge is 0.142 e.